The van der Waals surface area contributed by atoms with Gasteiger partial charge in [-0.3, -0.25) is 0 Å². The molecule has 0 aliphatic heterocycles. The van der Waals surface area contributed by atoms with E-state index in [0.717, 1.165) is 23.3 Å². The van der Waals surface area contributed by atoms with Gasteiger partial charge in [0.05, 0.1) is 0 Å². The van der Waals surface area contributed by atoms with E-state index < -0.39 is 0 Å². The number of rotatable bonds is 6. The number of hydrogen-bond acceptors (Lipinski definition) is 2. The summed E-state index contributed by atoms with van der Waals surface area (Å²) in [5.41, 5.74) is 1.23. The Morgan fingerprint density at radius 2 is 2.33 bits per heavy atom. The highest BCUT2D eigenvalue weighted by Gasteiger charge is 1.96. The summed E-state index contributed by atoms with van der Waals surface area (Å²) in [6, 6.07) is 8.07. The topological polar surface area (TPSA) is 21.3 Å². The lowest BCUT2D eigenvalue weighted by Gasteiger charge is -2.07. The van der Waals surface area contributed by atoms with Crippen LogP contribution in [-0.4, -0.2) is 13.2 Å². The molecule has 0 saturated heterocycles. The van der Waals surface area contributed by atoms with Crippen LogP contribution in [0.4, 0.5) is 0 Å². The van der Waals surface area contributed by atoms with Gasteiger partial charge in [0.1, 0.15) is 12.4 Å². The fourth-order valence-electron chi connectivity index (χ4n) is 1.18. The molecule has 0 aliphatic carbocycles. The molecule has 0 fully saturated rings. The van der Waals surface area contributed by atoms with Crippen molar-refractivity contribution in [3.8, 4) is 5.75 Å². The van der Waals surface area contributed by atoms with Crippen molar-refractivity contribution >= 4 is 15.9 Å². The van der Waals surface area contributed by atoms with Crippen LogP contribution in [0.2, 0.25) is 0 Å². The molecule has 0 amide bonds. The minimum Gasteiger partial charge on any atom is -0.488 e. The fraction of sp³-hybridized carbons (Fsp3) is 0.333. The second-order valence-electron chi connectivity index (χ2n) is 3.23. The molecule has 1 N–H and O–H groups in total. The van der Waals surface area contributed by atoms with Crippen LogP contribution >= 0.6 is 15.9 Å². The second-order valence-corrected chi connectivity index (χ2v) is 4.36. The minimum absolute atomic E-state index is 0.505. The summed E-state index contributed by atoms with van der Waals surface area (Å²) >= 11 is 3.26. The van der Waals surface area contributed by atoms with Crippen molar-refractivity contribution in [1.82, 2.24) is 5.32 Å². The lowest BCUT2D eigenvalue weighted by Crippen LogP contribution is -2.11. The van der Waals surface area contributed by atoms with E-state index in [9.17, 15) is 0 Å². The molecule has 0 radical (unpaired) electrons. The largest absolute Gasteiger partial charge is 0.488 e. The van der Waals surface area contributed by atoms with Crippen molar-refractivity contribution in [3.63, 3.8) is 0 Å². The highest BCUT2D eigenvalue weighted by atomic mass is 79.9. The van der Waals surface area contributed by atoms with Gasteiger partial charge in [0.25, 0.3) is 0 Å². The van der Waals surface area contributed by atoms with E-state index in [-0.39, 0.29) is 0 Å². The van der Waals surface area contributed by atoms with Crippen molar-refractivity contribution in [2.75, 3.05) is 13.2 Å². The Hall–Kier alpha value is -0.800. The average Bonchev–Trinajstić information content (AvgIpc) is 2.24. The summed E-state index contributed by atoms with van der Waals surface area (Å²) in [7, 11) is 0. The molecule has 0 unspecified atom stereocenters. The van der Waals surface area contributed by atoms with Gasteiger partial charge >= 0.3 is 0 Å². The summed E-state index contributed by atoms with van der Waals surface area (Å²) in [6.45, 7) is 8.17. The zero-order valence-electron chi connectivity index (χ0n) is 8.92. The Labute approximate surface area is 99.5 Å². The predicted octanol–water partition coefficient (Wildman–Crippen LogP) is 3.08. The molecule has 1 aromatic carbocycles. The van der Waals surface area contributed by atoms with E-state index in [2.05, 4.69) is 40.8 Å². The van der Waals surface area contributed by atoms with Gasteiger partial charge in [0.2, 0.25) is 0 Å². The van der Waals surface area contributed by atoms with Crippen LogP contribution in [0.5, 0.6) is 5.75 Å². The Morgan fingerprint density at radius 1 is 1.53 bits per heavy atom. The fourth-order valence-corrected chi connectivity index (χ4v) is 1.29. The standard InChI is InChI=1S/C12H16BrNO/c1-3-14-8-11-5-4-6-12(7-11)15-9-10(2)13/h4-7,14H,2-3,8-9H2,1H3. The molecule has 1 rings (SSSR count). The van der Waals surface area contributed by atoms with Gasteiger partial charge in [0.15, 0.2) is 0 Å². The van der Waals surface area contributed by atoms with Crippen molar-refractivity contribution < 1.29 is 4.74 Å². The first-order chi connectivity index (χ1) is 7.22. The van der Waals surface area contributed by atoms with Crippen LogP contribution in [0, 0.1) is 0 Å². The Kier molecular flexibility index (Phi) is 5.43. The van der Waals surface area contributed by atoms with Gasteiger partial charge in [-0.15, -0.1) is 0 Å². The molecule has 0 aromatic heterocycles. The lowest BCUT2D eigenvalue weighted by molar-refractivity contribution is 0.360. The highest BCUT2D eigenvalue weighted by molar-refractivity contribution is 9.11. The second kappa shape index (κ2) is 6.64. The molecule has 0 spiro atoms. The van der Waals surface area contributed by atoms with E-state index in [1.165, 1.54) is 5.56 Å². The third kappa shape index (κ3) is 5.00. The molecule has 2 nitrogen and oxygen atoms in total. The predicted molar refractivity (Wildman–Crippen MR) is 67.4 cm³/mol. The molecule has 15 heavy (non-hydrogen) atoms. The zero-order chi connectivity index (χ0) is 11.1. The van der Waals surface area contributed by atoms with Crippen LogP contribution in [0.3, 0.4) is 0 Å². The van der Waals surface area contributed by atoms with Crippen molar-refractivity contribution in [2.45, 2.75) is 13.5 Å². The average molecular weight is 270 g/mol. The molecule has 0 atom stereocenters. The van der Waals surface area contributed by atoms with Gasteiger partial charge < -0.3 is 10.1 Å². The van der Waals surface area contributed by atoms with E-state index >= 15 is 0 Å². The lowest BCUT2D eigenvalue weighted by atomic mass is 10.2. The molecule has 0 bridgehead atoms. The maximum atomic E-state index is 5.51. The summed E-state index contributed by atoms with van der Waals surface area (Å²) in [5, 5.41) is 3.27. The molecule has 3 heteroatoms. The van der Waals surface area contributed by atoms with Crippen LogP contribution in [0.1, 0.15) is 12.5 Å². The summed E-state index contributed by atoms with van der Waals surface area (Å²) < 4.78 is 6.36. The van der Waals surface area contributed by atoms with Crippen molar-refractivity contribution in [1.29, 1.82) is 0 Å². The van der Waals surface area contributed by atoms with Crippen LogP contribution in [0.25, 0.3) is 0 Å². The molecule has 0 saturated carbocycles. The monoisotopic (exact) mass is 269 g/mol. The third-order valence-corrected chi connectivity index (χ3v) is 2.10. The first kappa shape index (κ1) is 12.3. The van der Waals surface area contributed by atoms with E-state index in [1.807, 2.05) is 18.2 Å². The van der Waals surface area contributed by atoms with Crippen LogP contribution in [0.15, 0.2) is 35.3 Å². The van der Waals surface area contributed by atoms with Gasteiger partial charge in [0, 0.05) is 11.0 Å². The summed E-state index contributed by atoms with van der Waals surface area (Å²) in [5.74, 6) is 0.881. The Morgan fingerprint density at radius 3 is 3.00 bits per heavy atom. The SMILES string of the molecule is C=C(Br)COc1cccc(CNCC)c1. The molecule has 0 aliphatic rings. The zero-order valence-corrected chi connectivity index (χ0v) is 10.5. The highest BCUT2D eigenvalue weighted by Crippen LogP contribution is 2.14. The van der Waals surface area contributed by atoms with Gasteiger partial charge in [-0.05, 0) is 24.2 Å². The molecule has 0 heterocycles. The third-order valence-electron chi connectivity index (χ3n) is 1.87. The maximum Gasteiger partial charge on any atom is 0.120 e. The van der Waals surface area contributed by atoms with Crippen LogP contribution in [-0.2, 0) is 6.54 Å². The molecular formula is C12H16BrNO. The normalized spacial score (nSPS) is 10.0. The maximum absolute atomic E-state index is 5.51. The van der Waals surface area contributed by atoms with E-state index in [1.54, 1.807) is 0 Å². The summed E-state index contributed by atoms with van der Waals surface area (Å²) in [6.07, 6.45) is 0. The van der Waals surface area contributed by atoms with E-state index in [4.69, 9.17) is 4.74 Å². The van der Waals surface area contributed by atoms with Gasteiger partial charge in [-0.2, -0.15) is 0 Å². The van der Waals surface area contributed by atoms with Crippen molar-refractivity contribution in [2.24, 2.45) is 0 Å². The number of nitrogens with one attached hydrogen (secondary N) is 1. The minimum atomic E-state index is 0.505. The summed E-state index contributed by atoms with van der Waals surface area (Å²) in [4.78, 5) is 0. The molecule has 82 valence electrons. The molecule has 1 aromatic rings. The first-order valence-electron chi connectivity index (χ1n) is 4.98. The van der Waals surface area contributed by atoms with Gasteiger partial charge in [-0.1, -0.05) is 41.6 Å². The number of ether oxygens (including phenoxy) is 1. The Balaban J connectivity index is 2.53. The van der Waals surface area contributed by atoms with Gasteiger partial charge in [-0.25, -0.2) is 0 Å². The van der Waals surface area contributed by atoms with E-state index in [0.29, 0.717) is 6.61 Å². The van der Waals surface area contributed by atoms with Crippen molar-refractivity contribution in [3.05, 3.63) is 40.9 Å². The number of hydrogen-bond donors (Lipinski definition) is 1. The number of halogens is 1. The molecular weight excluding hydrogens is 254 g/mol. The quantitative estimate of drug-likeness (QED) is 0.857. The smallest absolute Gasteiger partial charge is 0.120 e. The Bertz CT molecular complexity index is 325. The first-order valence-corrected chi connectivity index (χ1v) is 5.77. The van der Waals surface area contributed by atoms with Crippen LogP contribution < -0.4 is 10.1 Å². The number of benzene rings is 1.